The largest absolute Gasteiger partial charge is 0.377 e. The summed E-state index contributed by atoms with van der Waals surface area (Å²) < 4.78 is 0.985. The molecule has 0 atom stereocenters. The van der Waals surface area contributed by atoms with Gasteiger partial charge in [0, 0.05) is 25.3 Å². The van der Waals surface area contributed by atoms with Gasteiger partial charge in [-0.3, -0.25) is 0 Å². The second-order valence-electron chi connectivity index (χ2n) is 2.67. The molecule has 0 heterocycles. The SMILES string of the molecule is CN(C)c1ccccc1[C](Br)Br. The number of benzene rings is 1. The Labute approximate surface area is 90.0 Å². The third kappa shape index (κ3) is 2.23. The Morgan fingerprint density at radius 2 is 1.75 bits per heavy atom. The first-order valence-corrected chi connectivity index (χ1v) is 5.16. The van der Waals surface area contributed by atoms with E-state index in [-0.39, 0.29) is 0 Å². The molecule has 1 aromatic rings. The predicted molar refractivity (Wildman–Crippen MR) is 61.0 cm³/mol. The number of rotatable bonds is 2. The normalized spacial score (nSPS) is 10.4. The van der Waals surface area contributed by atoms with E-state index in [4.69, 9.17) is 0 Å². The van der Waals surface area contributed by atoms with Gasteiger partial charge < -0.3 is 4.90 Å². The molecular weight excluding hydrogens is 282 g/mol. The molecule has 0 spiro atoms. The second kappa shape index (κ2) is 4.28. The first-order chi connectivity index (χ1) is 5.63. The quantitative estimate of drug-likeness (QED) is 0.807. The molecule has 0 unspecified atom stereocenters. The summed E-state index contributed by atoms with van der Waals surface area (Å²) in [6.45, 7) is 0. The van der Waals surface area contributed by atoms with E-state index in [0.717, 1.165) is 3.74 Å². The van der Waals surface area contributed by atoms with Gasteiger partial charge in [-0.25, -0.2) is 0 Å². The highest BCUT2D eigenvalue weighted by Gasteiger charge is 2.09. The molecule has 12 heavy (non-hydrogen) atoms. The molecule has 1 nitrogen and oxygen atoms in total. The van der Waals surface area contributed by atoms with Gasteiger partial charge >= 0.3 is 0 Å². The van der Waals surface area contributed by atoms with E-state index in [1.165, 1.54) is 11.3 Å². The number of hydrogen-bond acceptors (Lipinski definition) is 1. The third-order valence-corrected chi connectivity index (χ3v) is 2.44. The van der Waals surface area contributed by atoms with Crippen LogP contribution in [0.4, 0.5) is 5.69 Å². The van der Waals surface area contributed by atoms with Gasteiger partial charge in [-0.2, -0.15) is 0 Å². The van der Waals surface area contributed by atoms with E-state index in [1.54, 1.807) is 0 Å². The molecule has 0 fully saturated rings. The molecule has 0 aliphatic carbocycles. The molecule has 0 saturated carbocycles. The van der Waals surface area contributed by atoms with E-state index >= 15 is 0 Å². The summed E-state index contributed by atoms with van der Waals surface area (Å²) in [5.41, 5.74) is 2.36. The van der Waals surface area contributed by atoms with Gasteiger partial charge in [0.15, 0.2) is 0 Å². The van der Waals surface area contributed by atoms with Crippen LogP contribution in [0.15, 0.2) is 24.3 Å². The van der Waals surface area contributed by atoms with Gasteiger partial charge in [0.1, 0.15) is 3.74 Å². The van der Waals surface area contributed by atoms with Gasteiger partial charge in [0.25, 0.3) is 0 Å². The lowest BCUT2D eigenvalue weighted by atomic mass is 10.2. The van der Waals surface area contributed by atoms with Crippen LogP contribution in [-0.4, -0.2) is 14.1 Å². The average molecular weight is 292 g/mol. The third-order valence-electron chi connectivity index (χ3n) is 1.59. The smallest absolute Gasteiger partial charge is 0.136 e. The predicted octanol–water partition coefficient (Wildman–Crippen LogP) is 3.38. The minimum absolute atomic E-state index is 0.985. The summed E-state index contributed by atoms with van der Waals surface area (Å²) in [5.74, 6) is 0. The number of anilines is 1. The maximum Gasteiger partial charge on any atom is 0.136 e. The zero-order chi connectivity index (χ0) is 9.14. The average Bonchev–Trinajstić information content (AvgIpc) is 2.04. The van der Waals surface area contributed by atoms with Gasteiger partial charge in [0.2, 0.25) is 0 Å². The summed E-state index contributed by atoms with van der Waals surface area (Å²) in [5, 5.41) is 0. The fraction of sp³-hybridized carbons (Fsp3) is 0.222. The van der Waals surface area contributed by atoms with Crippen molar-refractivity contribution >= 4 is 37.5 Å². The monoisotopic (exact) mass is 290 g/mol. The molecule has 1 aromatic carbocycles. The van der Waals surface area contributed by atoms with Crippen molar-refractivity contribution in [1.82, 2.24) is 0 Å². The van der Waals surface area contributed by atoms with Crippen molar-refractivity contribution in [2.75, 3.05) is 19.0 Å². The highest BCUT2D eigenvalue weighted by Crippen LogP contribution is 2.34. The maximum absolute atomic E-state index is 3.41. The van der Waals surface area contributed by atoms with Crippen molar-refractivity contribution in [3.8, 4) is 0 Å². The lowest BCUT2D eigenvalue weighted by Crippen LogP contribution is -2.10. The van der Waals surface area contributed by atoms with Crippen LogP contribution in [0.1, 0.15) is 5.56 Å². The standard InChI is InChI=1S/C9H10Br2N/c1-12(2)8-6-4-3-5-7(8)9(10)11/h3-6H,1-2H3. The van der Waals surface area contributed by atoms with Crippen molar-refractivity contribution in [3.63, 3.8) is 0 Å². The van der Waals surface area contributed by atoms with Crippen LogP contribution < -0.4 is 4.90 Å². The minimum atomic E-state index is 0.985. The van der Waals surface area contributed by atoms with Crippen LogP contribution >= 0.6 is 31.9 Å². The zero-order valence-electron chi connectivity index (χ0n) is 7.01. The van der Waals surface area contributed by atoms with Crippen LogP contribution in [0.3, 0.4) is 0 Å². The Morgan fingerprint density at radius 1 is 1.17 bits per heavy atom. The molecule has 0 aliphatic heterocycles. The van der Waals surface area contributed by atoms with Crippen LogP contribution in [0, 0.1) is 3.74 Å². The first-order valence-electron chi connectivity index (χ1n) is 3.57. The van der Waals surface area contributed by atoms with Gasteiger partial charge in [-0.05, 0) is 6.07 Å². The second-order valence-corrected chi connectivity index (χ2v) is 5.32. The van der Waals surface area contributed by atoms with Gasteiger partial charge in [-0.1, -0.05) is 50.1 Å². The Bertz CT molecular complexity index is 231. The van der Waals surface area contributed by atoms with Crippen LogP contribution in [0.5, 0.6) is 0 Å². The molecule has 1 rings (SSSR count). The number of para-hydroxylation sites is 1. The van der Waals surface area contributed by atoms with E-state index < -0.39 is 0 Å². The summed E-state index contributed by atoms with van der Waals surface area (Å²) in [6, 6.07) is 8.19. The molecule has 0 N–H and O–H groups in total. The molecule has 0 saturated heterocycles. The number of halogens is 2. The highest BCUT2D eigenvalue weighted by molar-refractivity contribution is 9.27. The number of nitrogens with zero attached hydrogens (tertiary/aromatic N) is 1. The highest BCUT2D eigenvalue weighted by atomic mass is 79.9. The van der Waals surface area contributed by atoms with Crippen molar-refractivity contribution < 1.29 is 0 Å². The molecule has 0 bridgehead atoms. The zero-order valence-corrected chi connectivity index (χ0v) is 10.2. The minimum Gasteiger partial charge on any atom is -0.377 e. The summed E-state index contributed by atoms with van der Waals surface area (Å²) in [7, 11) is 4.06. The van der Waals surface area contributed by atoms with Crippen LogP contribution in [-0.2, 0) is 0 Å². The fourth-order valence-electron chi connectivity index (χ4n) is 1.02. The van der Waals surface area contributed by atoms with Crippen LogP contribution in [0.2, 0.25) is 0 Å². The van der Waals surface area contributed by atoms with E-state index in [9.17, 15) is 0 Å². The summed E-state index contributed by atoms with van der Waals surface area (Å²) in [4.78, 5) is 2.08. The van der Waals surface area contributed by atoms with Gasteiger partial charge in [-0.15, -0.1) is 0 Å². The Hall–Kier alpha value is -0.0200. The number of hydrogen-bond donors (Lipinski definition) is 0. The topological polar surface area (TPSA) is 3.24 Å². The van der Waals surface area contributed by atoms with Crippen molar-refractivity contribution in [1.29, 1.82) is 0 Å². The maximum atomic E-state index is 3.41. The van der Waals surface area contributed by atoms with E-state index in [2.05, 4.69) is 48.9 Å². The molecule has 3 heteroatoms. The Morgan fingerprint density at radius 3 is 2.17 bits per heavy atom. The van der Waals surface area contributed by atoms with Gasteiger partial charge in [0.05, 0.1) is 0 Å². The molecule has 0 aromatic heterocycles. The molecule has 0 amide bonds. The molecular formula is C9H10Br2N. The lowest BCUT2D eigenvalue weighted by molar-refractivity contribution is 1.12. The molecule has 1 radical (unpaired) electrons. The first kappa shape index (κ1) is 10.1. The van der Waals surface area contributed by atoms with E-state index in [1.807, 2.05) is 26.2 Å². The Balaban J connectivity index is 3.09. The summed E-state index contributed by atoms with van der Waals surface area (Å²) in [6.07, 6.45) is 0. The van der Waals surface area contributed by atoms with Crippen molar-refractivity contribution in [2.45, 2.75) is 0 Å². The molecule has 0 aliphatic rings. The van der Waals surface area contributed by atoms with Crippen LogP contribution in [0.25, 0.3) is 0 Å². The lowest BCUT2D eigenvalue weighted by Gasteiger charge is -2.17. The van der Waals surface area contributed by atoms with Crippen molar-refractivity contribution in [2.24, 2.45) is 0 Å². The van der Waals surface area contributed by atoms with E-state index in [0.29, 0.717) is 0 Å². The summed E-state index contributed by atoms with van der Waals surface area (Å²) >= 11 is 6.82. The van der Waals surface area contributed by atoms with Crippen molar-refractivity contribution in [3.05, 3.63) is 33.6 Å². The molecule has 65 valence electrons. The fourth-order valence-corrected chi connectivity index (χ4v) is 1.69. The Kier molecular flexibility index (Phi) is 3.59.